The number of nitrogens with zero attached hydrogens (tertiary/aromatic N) is 1. The molecule has 2 heterocycles. The Hall–Kier alpha value is -1.60. The van der Waals surface area contributed by atoms with Crippen molar-refractivity contribution in [3.05, 3.63) is 47.5 Å². The molecule has 2 aliphatic rings. The molecule has 1 N–H and O–H groups in total. The van der Waals surface area contributed by atoms with E-state index < -0.39 is 0 Å². The van der Waals surface area contributed by atoms with E-state index in [1.54, 1.807) is 11.8 Å². The molecule has 33 heavy (non-hydrogen) atoms. The van der Waals surface area contributed by atoms with Gasteiger partial charge in [0.25, 0.3) is 0 Å². The van der Waals surface area contributed by atoms with Crippen LogP contribution in [0.3, 0.4) is 0 Å². The lowest BCUT2D eigenvalue weighted by atomic mass is 10.0. The van der Waals surface area contributed by atoms with Gasteiger partial charge in [-0.25, -0.2) is 0 Å². The average Bonchev–Trinajstić information content (AvgIpc) is 3.31. The predicted molar refractivity (Wildman–Crippen MR) is 136 cm³/mol. The zero-order valence-electron chi connectivity index (χ0n) is 20.0. The van der Waals surface area contributed by atoms with E-state index in [9.17, 15) is 5.11 Å². The lowest BCUT2D eigenvalue weighted by molar-refractivity contribution is 0.0596. The quantitative estimate of drug-likeness (QED) is 0.448. The predicted octanol–water partition coefficient (Wildman–Crippen LogP) is 6.21. The molecule has 1 saturated heterocycles. The van der Waals surface area contributed by atoms with Crippen LogP contribution in [0.5, 0.6) is 17.2 Å². The molecule has 0 saturated carbocycles. The number of ether oxygens (including phenoxy) is 3. The Morgan fingerprint density at radius 1 is 1.06 bits per heavy atom. The molecule has 4 rings (SSSR count). The molecule has 2 aromatic rings. The van der Waals surface area contributed by atoms with Gasteiger partial charge >= 0.3 is 0 Å². The van der Waals surface area contributed by atoms with Crippen molar-refractivity contribution in [2.24, 2.45) is 0 Å². The maximum Gasteiger partial charge on any atom is 0.161 e. The zero-order chi connectivity index (χ0) is 22.7. The maximum atomic E-state index is 10.2. The van der Waals surface area contributed by atoms with Crippen LogP contribution in [0.2, 0.25) is 0 Å². The van der Waals surface area contributed by atoms with Gasteiger partial charge in [-0.3, -0.25) is 4.90 Å². The number of aliphatic hydroxyl groups is 1. The minimum absolute atomic E-state index is 0. The molecule has 0 amide bonds. The fourth-order valence-electron chi connectivity index (χ4n) is 4.85. The summed E-state index contributed by atoms with van der Waals surface area (Å²) in [4.78, 5) is 3.24. The van der Waals surface area contributed by atoms with E-state index in [1.165, 1.54) is 16.0 Å². The van der Waals surface area contributed by atoms with Crippen LogP contribution in [0.25, 0.3) is 0 Å². The van der Waals surface area contributed by atoms with Crippen molar-refractivity contribution in [2.45, 2.75) is 75.3 Å². The molecule has 0 bridgehead atoms. The highest BCUT2D eigenvalue weighted by atomic mass is 35.5. The highest BCUT2D eigenvalue weighted by molar-refractivity contribution is 8.00. The number of fused-ring (bicyclic) bond motifs is 1. The Morgan fingerprint density at radius 2 is 1.82 bits per heavy atom. The van der Waals surface area contributed by atoms with Gasteiger partial charge in [0.1, 0.15) is 5.75 Å². The molecule has 5 nitrogen and oxygen atoms in total. The van der Waals surface area contributed by atoms with Gasteiger partial charge in [-0.2, -0.15) is 0 Å². The summed E-state index contributed by atoms with van der Waals surface area (Å²) in [6.07, 6.45) is 4.11. The molecule has 7 heteroatoms. The molecular weight excluding hydrogens is 458 g/mol. The van der Waals surface area contributed by atoms with Crippen LogP contribution in [-0.4, -0.2) is 40.9 Å². The van der Waals surface area contributed by atoms with E-state index in [0.29, 0.717) is 19.3 Å². The second-order valence-corrected chi connectivity index (χ2v) is 10.5. The fourth-order valence-corrected chi connectivity index (χ4v) is 5.92. The monoisotopic (exact) mass is 493 g/mol. The van der Waals surface area contributed by atoms with Gasteiger partial charge in [0.05, 0.1) is 24.8 Å². The lowest BCUT2D eigenvalue weighted by Gasteiger charge is -2.28. The van der Waals surface area contributed by atoms with Gasteiger partial charge in [0.2, 0.25) is 0 Å². The van der Waals surface area contributed by atoms with Crippen molar-refractivity contribution in [3.63, 3.8) is 0 Å². The first-order valence-corrected chi connectivity index (χ1v) is 12.5. The van der Waals surface area contributed by atoms with Crippen molar-refractivity contribution < 1.29 is 19.3 Å². The van der Waals surface area contributed by atoms with Gasteiger partial charge in [-0.15, -0.1) is 12.4 Å². The summed E-state index contributed by atoms with van der Waals surface area (Å²) in [7, 11) is 0. The topological polar surface area (TPSA) is 51.2 Å². The Bertz CT molecular complexity index is 939. The number of hydrogen-bond acceptors (Lipinski definition) is 6. The zero-order valence-corrected chi connectivity index (χ0v) is 21.6. The molecule has 2 unspecified atom stereocenters. The summed E-state index contributed by atoms with van der Waals surface area (Å²) in [5, 5.41) is 10.2. The SMILES string of the molecule is CCOc1ccc(CCC2CCC(c3ccc4c(c3)SC(C)(C)O4)N2CO)cc1OCC.Cl. The number of likely N-dealkylation sites (tertiary alicyclic amines) is 1. The fraction of sp³-hybridized carbons (Fsp3) is 0.538. The van der Waals surface area contributed by atoms with Crippen LogP contribution in [0.1, 0.15) is 64.1 Å². The molecule has 0 spiro atoms. The Kier molecular flexibility index (Phi) is 8.84. The maximum absolute atomic E-state index is 10.2. The second kappa shape index (κ2) is 11.2. The Labute approximate surface area is 208 Å². The average molecular weight is 494 g/mol. The van der Waals surface area contributed by atoms with Crippen molar-refractivity contribution in [1.29, 1.82) is 0 Å². The highest BCUT2D eigenvalue weighted by Gasteiger charge is 2.36. The highest BCUT2D eigenvalue weighted by Crippen LogP contribution is 2.49. The number of benzene rings is 2. The first-order chi connectivity index (χ1) is 15.4. The van der Waals surface area contributed by atoms with Gasteiger partial charge in [0.15, 0.2) is 16.4 Å². The summed E-state index contributed by atoms with van der Waals surface area (Å²) in [5.74, 6) is 2.59. The summed E-state index contributed by atoms with van der Waals surface area (Å²) in [5.41, 5.74) is 2.51. The molecule has 2 aliphatic heterocycles. The second-order valence-electron chi connectivity index (χ2n) is 8.90. The van der Waals surface area contributed by atoms with E-state index in [0.717, 1.165) is 42.9 Å². The molecule has 2 atom stereocenters. The van der Waals surface area contributed by atoms with Crippen LogP contribution in [0, 0.1) is 0 Å². The van der Waals surface area contributed by atoms with Crippen LogP contribution in [-0.2, 0) is 6.42 Å². The van der Waals surface area contributed by atoms with Gasteiger partial charge in [-0.05, 0) is 88.8 Å². The normalized spacial score (nSPS) is 21.2. The molecule has 182 valence electrons. The minimum atomic E-state index is -0.214. The first-order valence-electron chi connectivity index (χ1n) is 11.7. The van der Waals surface area contributed by atoms with E-state index in [-0.39, 0.29) is 30.1 Å². The van der Waals surface area contributed by atoms with Crippen LogP contribution < -0.4 is 14.2 Å². The van der Waals surface area contributed by atoms with E-state index >= 15 is 0 Å². The summed E-state index contributed by atoms with van der Waals surface area (Å²) in [6, 6.07) is 13.4. The largest absolute Gasteiger partial charge is 0.490 e. The minimum Gasteiger partial charge on any atom is -0.490 e. The van der Waals surface area contributed by atoms with Crippen molar-refractivity contribution >= 4 is 24.2 Å². The van der Waals surface area contributed by atoms with Crippen LogP contribution in [0.4, 0.5) is 0 Å². The Morgan fingerprint density at radius 3 is 2.55 bits per heavy atom. The number of rotatable bonds is 9. The molecule has 0 aliphatic carbocycles. The van der Waals surface area contributed by atoms with Gasteiger partial charge < -0.3 is 19.3 Å². The smallest absolute Gasteiger partial charge is 0.161 e. The van der Waals surface area contributed by atoms with Crippen molar-refractivity contribution in [2.75, 3.05) is 19.9 Å². The van der Waals surface area contributed by atoms with E-state index in [1.807, 2.05) is 19.9 Å². The molecular formula is C26H36ClNO4S. The third kappa shape index (κ3) is 5.91. The van der Waals surface area contributed by atoms with E-state index in [2.05, 4.69) is 49.1 Å². The van der Waals surface area contributed by atoms with Gasteiger partial charge in [-0.1, -0.05) is 23.9 Å². The molecule has 0 aromatic heterocycles. The lowest BCUT2D eigenvalue weighted by Crippen LogP contribution is -2.32. The summed E-state index contributed by atoms with van der Waals surface area (Å²) in [6.45, 7) is 9.49. The van der Waals surface area contributed by atoms with E-state index in [4.69, 9.17) is 14.2 Å². The van der Waals surface area contributed by atoms with Crippen molar-refractivity contribution in [3.8, 4) is 17.2 Å². The third-order valence-electron chi connectivity index (χ3n) is 6.24. The van der Waals surface area contributed by atoms with Crippen molar-refractivity contribution in [1.82, 2.24) is 4.90 Å². The standard InChI is InChI=1S/C26H35NO4S.ClH/c1-5-29-22-13-8-18(15-24(22)30-6-2)7-10-20-11-12-21(27(20)17-28)19-9-14-23-25(16-19)32-26(3,4)31-23;/h8-9,13-16,20-21,28H,5-7,10-12,17H2,1-4H3;1H. The number of halogens is 1. The summed E-state index contributed by atoms with van der Waals surface area (Å²) >= 11 is 1.77. The molecule has 2 aromatic carbocycles. The van der Waals surface area contributed by atoms with Crippen LogP contribution in [0.15, 0.2) is 41.3 Å². The summed E-state index contributed by atoms with van der Waals surface area (Å²) < 4.78 is 17.5. The number of aliphatic hydroxyl groups excluding tert-OH is 1. The molecule has 0 radical (unpaired) electrons. The number of hydrogen-bond donors (Lipinski definition) is 1. The number of thioether (sulfide) groups is 1. The Balaban J connectivity index is 0.00000306. The van der Waals surface area contributed by atoms with Crippen LogP contribution >= 0.6 is 24.2 Å². The third-order valence-corrected chi connectivity index (χ3v) is 7.36. The molecule has 1 fully saturated rings. The first kappa shape index (κ1) is 26.0. The van der Waals surface area contributed by atoms with Gasteiger partial charge in [0, 0.05) is 12.1 Å². The number of aryl methyl sites for hydroxylation is 1.